The standard InChI is InChI=1S/C22H22BrNO3/c1-22(2,3)26-21(25)20-14-19(24-27-20)17-10-6-15(7-11-17)4-5-16-8-12-18(23)13-9-16/h4-13,20H,14H2,1-3H3/b5-4+. The van der Waals surface area contributed by atoms with E-state index in [9.17, 15) is 4.79 Å². The number of ether oxygens (including phenoxy) is 1. The van der Waals surface area contributed by atoms with E-state index >= 15 is 0 Å². The molecular weight excluding hydrogens is 406 g/mol. The van der Waals surface area contributed by atoms with Crippen LogP contribution in [0.2, 0.25) is 0 Å². The van der Waals surface area contributed by atoms with Gasteiger partial charge >= 0.3 is 5.97 Å². The Hall–Kier alpha value is -2.40. The average molecular weight is 428 g/mol. The molecule has 27 heavy (non-hydrogen) atoms. The lowest BCUT2D eigenvalue weighted by Crippen LogP contribution is -2.32. The number of hydrogen-bond donors (Lipinski definition) is 0. The summed E-state index contributed by atoms with van der Waals surface area (Å²) in [6.45, 7) is 5.51. The number of hydrogen-bond acceptors (Lipinski definition) is 4. The second-order valence-corrected chi connectivity index (χ2v) is 8.29. The molecule has 0 bridgehead atoms. The highest BCUT2D eigenvalue weighted by atomic mass is 79.9. The molecule has 1 heterocycles. The minimum atomic E-state index is -0.670. The second-order valence-electron chi connectivity index (χ2n) is 7.38. The van der Waals surface area contributed by atoms with Crippen molar-refractivity contribution in [2.75, 3.05) is 0 Å². The van der Waals surface area contributed by atoms with Gasteiger partial charge in [0.15, 0.2) is 0 Å². The van der Waals surface area contributed by atoms with Crippen LogP contribution in [-0.2, 0) is 14.4 Å². The highest BCUT2D eigenvalue weighted by Crippen LogP contribution is 2.21. The summed E-state index contributed by atoms with van der Waals surface area (Å²) >= 11 is 3.43. The number of carbonyl (C=O) groups excluding carboxylic acids is 1. The number of nitrogens with zero attached hydrogens (tertiary/aromatic N) is 1. The molecule has 5 heteroatoms. The van der Waals surface area contributed by atoms with Crippen molar-refractivity contribution in [2.45, 2.75) is 38.9 Å². The van der Waals surface area contributed by atoms with Crippen LogP contribution >= 0.6 is 15.9 Å². The molecule has 0 fully saturated rings. The van der Waals surface area contributed by atoms with E-state index in [1.807, 2.05) is 57.2 Å². The number of carbonyl (C=O) groups is 1. The Bertz CT molecular complexity index is 862. The van der Waals surface area contributed by atoms with Gasteiger partial charge in [-0.3, -0.25) is 0 Å². The van der Waals surface area contributed by atoms with Crippen LogP contribution in [0.4, 0.5) is 0 Å². The van der Waals surface area contributed by atoms with Crippen molar-refractivity contribution in [3.05, 3.63) is 69.7 Å². The molecule has 1 aliphatic rings. The van der Waals surface area contributed by atoms with Gasteiger partial charge in [-0.15, -0.1) is 0 Å². The Morgan fingerprint density at radius 3 is 2.19 bits per heavy atom. The molecule has 2 aromatic carbocycles. The summed E-state index contributed by atoms with van der Waals surface area (Å²) in [4.78, 5) is 17.4. The molecule has 0 N–H and O–H groups in total. The largest absolute Gasteiger partial charge is 0.457 e. The molecule has 0 radical (unpaired) electrons. The maximum absolute atomic E-state index is 12.1. The van der Waals surface area contributed by atoms with Gasteiger partial charge in [0.1, 0.15) is 5.60 Å². The zero-order valence-electron chi connectivity index (χ0n) is 15.6. The first-order chi connectivity index (χ1) is 12.8. The Kier molecular flexibility index (Phi) is 5.80. The SMILES string of the molecule is CC(C)(C)OC(=O)C1CC(c2ccc(/C=C/c3ccc(Br)cc3)cc2)=NO1. The molecule has 0 amide bonds. The van der Waals surface area contributed by atoms with E-state index in [2.05, 4.69) is 45.4 Å². The molecule has 0 saturated heterocycles. The fraction of sp³-hybridized carbons (Fsp3) is 0.273. The predicted octanol–water partition coefficient (Wildman–Crippen LogP) is 5.45. The molecule has 140 valence electrons. The number of oxime groups is 1. The third kappa shape index (κ3) is 5.54. The van der Waals surface area contributed by atoms with Gasteiger partial charge in [-0.2, -0.15) is 0 Å². The fourth-order valence-corrected chi connectivity index (χ4v) is 2.86. The van der Waals surface area contributed by atoms with Gasteiger partial charge in [0.05, 0.1) is 5.71 Å². The number of esters is 1. The molecule has 1 unspecified atom stereocenters. The summed E-state index contributed by atoms with van der Waals surface area (Å²) in [5.74, 6) is -0.379. The van der Waals surface area contributed by atoms with E-state index in [1.165, 1.54) is 0 Å². The number of rotatable bonds is 4. The minimum Gasteiger partial charge on any atom is -0.457 e. The quantitative estimate of drug-likeness (QED) is 0.480. The normalized spacial score (nSPS) is 16.9. The Balaban J connectivity index is 1.61. The molecule has 4 nitrogen and oxygen atoms in total. The van der Waals surface area contributed by atoms with Gasteiger partial charge in [-0.25, -0.2) is 4.79 Å². The lowest BCUT2D eigenvalue weighted by molar-refractivity contribution is -0.166. The molecule has 0 aliphatic carbocycles. The van der Waals surface area contributed by atoms with Crippen LogP contribution in [0.3, 0.4) is 0 Å². The summed E-state index contributed by atoms with van der Waals surface area (Å²) in [5, 5.41) is 4.06. The summed E-state index contributed by atoms with van der Waals surface area (Å²) in [6.07, 6.45) is 3.87. The monoisotopic (exact) mass is 427 g/mol. The maximum atomic E-state index is 12.1. The molecule has 2 aromatic rings. The third-order valence-corrected chi connectivity index (χ3v) is 4.45. The Morgan fingerprint density at radius 1 is 1.07 bits per heavy atom. The first-order valence-electron chi connectivity index (χ1n) is 8.80. The second kappa shape index (κ2) is 8.09. The summed E-state index contributed by atoms with van der Waals surface area (Å²) in [5.41, 5.74) is 3.39. The third-order valence-electron chi connectivity index (χ3n) is 3.92. The topological polar surface area (TPSA) is 47.9 Å². The number of benzene rings is 2. The van der Waals surface area contributed by atoms with E-state index in [0.717, 1.165) is 26.9 Å². The molecular formula is C22H22BrNO3. The van der Waals surface area contributed by atoms with Crippen molar-refractivity contribution < 1.29 is 14.4 Å². The highest BCUT2D eigenvalue weighted by Gasteiger charge is 2.32. The Labute approximate surface area is 168 Å². The van der Waals surface area contributed by atoms with Crippen molar-refractivity contribution in [1.82, 2.24) is 0 Å². The van der Waals surface area contributed by atoms with E-state index in [-0.39, 0.29) is 5.97 Å². The van der Waals surface area contributed by atoms with Crippen LogP contribution in [0, 0.1) is 0 Å². The summed E-state index contributed by atoms with van der Waals surface area (Å²) in [7, 11) is 0. The van der Waals surface area contributed by atoms with E-state index in [4.69, 9.17) is 9.57 Å². The van der Waals surface area contributed by atoms with Crippen LogP contribution in [0.15, 0.2) is 58.2 Å². The maximum Gasteiger partial charge on any atom is 0.351 e. The molecule has 0 aromatic heterocycles. The van der Waals surface area contributed by atoms with Gasteiger partial charge in [-0.1, -0.05) is 69.6 Å². The van der Waals surface area contributed by atoms with E-state index in [0.29, 0.717) is 6.42 Å². The van der Waals surface area contributed by atoms with Gasteiger partial charge < -0.3 is 9.57 Å². The van der Waals surface area contributed by atoms with Crippen LogP contribution in [0.25, 0.3) is 12.2 Å². The van der Waals surface area contributed by atoms with Gasteiger partial charge in [0.25, 0.3) is 0 Å². The summed E-state index contributed by atoms with van der Waals surface area (Å²) in [6, 6.07) is 16.2. The minimum absolute atomic E-state index is 0.379. The van der Waals surface area contributed by atoms with Crippen molar-refractivity contribution in [2.24, 2.45) is 5.16 Å². The molecule has 1 atom stereocenters. The van der Waals surface area contributed by atoms with E-state index in [1.54, 1.807) is 0 Å². The van der Waals surface area contributed by atoms with Gasteiger partial charge in [0.2, 0.25) is 6.10 Å². The lowest BCUT2D eigenvalue weighted by atomic mass is 10.0. The first kappa shape index (κ1) is 19.4. The summed E-state index contributed by atoms with van der Waals surface area (Å²) < 4.78 is 6.42. The zero-order valence-corrected chi connectivity index (χ0v) is 17.2. The number of halogens is 1. The predicted molar refractivity (Wildman–Crippen MR) is 111 cm³/mol. The van der Waals surface area contributed by atoms with Crippen molar-refractivity contribution in [3.63, 3.8) is 0 Å². The molecule has 0 spiro atoms. The molecule has 0 saturated carbocycles. The first-order valence-corrected chi connectivity index (χ1v) is 9.59. The lowest BCUT2D eigenvalue weighted by Gasteiger charge is -2.20. The highest BCUT2D eigenvalue weighted by molar-refractivity contribution is 9.10. The molecule has 1 aliphatic heterocycles. The van der Waals surface area contributed by atoms with Crippen LogP contribution in [-0.4, -0.2) is 23.4 Å². The van der Waals surface area contributed by atoms with Crippen LogP contribution < -0.4 is 0 Å². The van der Waals surface area contributed by atoms with Crippen LogP contribution in [0.1, 0.15) is 43.9 Å². The fourth-order valence-electron chi connectivity index (χ4n) is 2.59. The van der Waals surface area contributed by atoms with E-state index < -0.39 is 11.7 Å². The Morgan fingerprint density at radius 2 is 1.63 bits per heavy atom. The van der Waals surface area contributed by atoms with Crippen LogP contribution in [0.5, 0.6) is 0 Å². The zero-order chi connectivity index (χ0) is 19.4. The van der Waals surface area contributed by atoms with Crippen molar-refractivity contribution >= 4 is 39.8 Å². The van der Waals surface area contributed by atoms with Gasteiger partial charge in [-0.05, 0) is 49.6 Å². The average Bonchev–Trinajstić information content (AvgIpc) is 3.11. The van der Waals surface area contributed by atoms with Crippen molar-refractivity contribution in [3.8, 4) is 0 Å². The van der Waals surface area contributed by atoms with Crippen molar-refractivity contribution in [1.29, 1.82) is 0 Å². The smallest absolute Gasteiger partial charge is 0.351 e. The molecule has 3 rings (SSSR count). The van der Waals surface area contributed by atoms with Gasteiger partial charge in [0, 0.05) is 10.9 Å².